The highest BCUT2D eigenvalue weighted by Gasteiger charge is 2.12. The van der Waals surface area contributed by atoms with E-state index in [0.29, 0.717) is 18.5 Å². The number of aromatic nitrogens is 1. The van der Waals surface area contributed by atoms with Crippen molar-refractivity contribution in [2.75, 3.05) is 13.2 Å². The number of ether oxygens (including phenoxy) is 1. The van der Waals surface area contributed by atoms with Crippen LogP contribution in [-0.4, -0.2) is 24.2 Å². The summed E-state index contributed by atoms with van der Waals surface area (Å²) in [5, 5.41) is 3.44. The molecular formula is C11H18N2O2. The smallest absolute Gasteiger partial charge is 0.191 e. The molecule has 1 fully saturated rings. The molecule has 1 aromatic heterocycles. The quantitative estimate of drug-likeness (QED) is 0.820. The van der Waals surface area contributed by atoms with Gasteiger partial charge in [-0.1, -0.05) is 6.42 Å². The van der Waals surface area contributed by atoms with E-state index in [1.54, 1.807) is 6.26 Å². The molecule has 15 heavy (non-hydrogen) atoms. The van der Waals surface area contributed by atoms with Crippen molar-refractivity contribution in [3.63, 3.8) is 0 Å². The summed E-state index contributed by atoms with van der Waals surface area (Å²) in [6, 6.07) is 0.520. The van der Waals surface area contributed by atoms with Gasteiger partial charge < -0.3 is 14.5 Å². The average Bonchev–Trinajstić information content (AvgIpc) is 2.66. The van der Waals surface area contributed by atoms with Gasteiger partial charge in [0.15, 0.2) is 5.89 Å². The van der Waals surface area contributed by atoms with Crippen molar-refractivity contribution in [3.05, 3.63) is 17.8 Å². The first-order valence-electron chi connectivity index (χ1n) is 5.57. The van der Waals surface area contributed by atoms with Crippen LogP contribution < -0.4 is 5.32 Å². The van der Waals surface area contributed by atoms with Crippen molar-refractivity contribution in [3.8, 4) is 0 Å². The summed E-state index contributed by atoms with van der Waals surface area (Å²) in [5.41, 5.74) is 0.878. The first-order chi connectivity index (χ1) is 7.34. The third-order valence-corrected chi connectivity index (χ3v) is 2.65. The molecule has 4 heteroatoms. The molecule has 84 valence electrons. The normalized spacial score (nSPS) is 21.8. The molecule has 0 bridgehead atoms. The van der Waals surface area contributed by atoms with Gasteiger partial charge in [-0.25, -0.2) is 4.98 Å². The molecule has 0 amide bonds. The Morgan fingerprint density at radius 2 is 2.53 bits per heavy atom. The second-order valence-corrected chi connectivity index (χ2v) is 4.02. The second-order valence-electron chi connectivity index (χ2n) is 4.02. The van der Waals surface area contributed by atoms with Gasteiger partial charge in [0.05, 0.1) is 13.2 Å². The summed E-state index contributed by atoms with van der Waals surface area (Å²) in [7, 11) is 0. The van der Waals surface area contributed by atoms with Gasteiger partial charge in [-0.15, -0.1) is 0 Å². The van der Waals surface area contributed by atoms with E-state index in [2.05, 4.69) is 10.3 Å². The van der Waals surface area contributed by atoms with Gasteiger partial charge in [-0.3, -0.25) is 0 Å². The molecule has 4 nitrogen and oxygen atoms in total. The molecule has 1 saturated heterocycles. The van der Waals surface area contributed by atoms with Gasteiger partial charge in [0.2, 0.25) is 0 Å². The predicted octanol–water partition coefficient (Wildman–Crippen LogP) is 1.64. The Hall–Kier alpha value is -0.870. The highest BCUT2D eigenvalue weighted by atomic mass is 16.5. The van der Waals surface area contributed by atoms with Gasteiger partial charge in [0.1, 0.15) is 12.0 Å². The van der Waals surface area contributed by atoms with Crippen LogP contribution in [0.4, 0.5) is 0 Å². The topological polar surface area (TPSA) is 47.3 Å². The predicted molar refractivity (Wildman–Crippen MR) is 56.5 cm³/mol. The van der Waals surface area contributed by atoms with E-state index in [9.17, 15) is 0 Å². The molecule has 0 saturated carbocycles. The fourth-order valence-corrected chi connectivity index (χ4v) is 1.85. The molecule has 0 radical (unpaired) electrons. The van der Waals surface area contributed by atoms with Crippen molar-refractivity contribution in [1.29, 1.82) is 0 Å². The van der Waals surface area contributed by atoms with Crippen LogP contribution >= 0.6 is 0 Å². The number of oxazole rings is 1. The van der Waals surface area contributed by atoms with Crippen LogP contribution in [0.2, 0.25) is 0 Å². The summed E-state index contributed by atoms with van der Waals surface area (Å²) in [6.45, 7) is 4.28. The van der Waals surface area contributed by atoms with E-state index in [4.69, 9.17) is 9.15 Å². The maximum atomic E-state index is 5.59. The molecule has 1 aliphatic rings. The Morgan fingerprint density at radius 3 is 3.20 bits per heavy atom. The van der Waals surface area contributed by atoms with Gasteiger partial charge in [0.25, 0.3) is 0 Å². The first-order valence-corrected chi connectivity index (χ1v) is 5.57. The lowest BCUT2D eigenvalue weighted by atomic mass is 10.1. The molecule has 1 aliphatic heterocycles. The molecule has 0 spiro atoms. The average molecular weight is 210 g/mol. The lowest BCUT2D eigenvalue weighted by Crippen LogP contribution is -2.37. The number of rotatable bonds is 4. The van der Waals surface area contributed by atoms with Gasteiger partial charge in [-0.2, -0.15) is 0 Å². The molecule has 1 aromatic rings. The van der Waals surface area contributed by atoms with E-state index in [1.165, 1.54) is 19.3 Å². The minimum absolute atomic E-state index is 0.520. The minimum atomic E-state index is 0.520. The fraction of sp³-hybridized carbons (Fsp3) is 0.727. The number of hydrogen-bond acceptors (Lipinski definition) is 4. The zero-order chi connectivity index (χ0) is 10.5. The molecule has 1 unspecified atom stereocenters. The number of hydrogen-bond donors (Lipinski definition) is 1. The maximum Gasteiger partial charge on any atom is 0.191 e. The summed E-state index contributed by atoms with van der Waals surface area (Å²) in [5.74, 6) is 0.699. The molecule has 0 aromatic carbocycles. The van der Waals surface area contributed by atoms with Crippen molar-refractivity contribution in [1.82, 2.24) is 10.3 Å². The number of nitrogens with one attached hydrogen (secondary N) is 1. The lowest BCUT2D eigenvalue weighted by Gasteiger charge is -2.22. The standard InChI is InChI=1S/C11H18N2O2/c1-9-13-11(8-15-9)7-14-6-10-4-2-3-5-12-10/h8,10,12H,2-7H2,1H3. The van der Waals surface area contributed by atoms with Crippen LogP contribution in [0, 0.1) is 6.92 Å². The number of nitrogens with zero attached hydrogens (tertiary/aromatic N) is 1. The third-order valence-electron chi connectivity index (χ3n) is 2.65. The maximum absolute atomic E-state index is 5.59. The number of aryl methyl sites for hydroxylation is 1. The highest BCUT2D eigenvalue weighted by molar-refractivity contribution is 4.92. The Morgan fingerprint density at radius 1 is 1.60 bits per heavy atom. The van der Waals surface area contributed by atoms with Gasteiger partial charge in [-0.05, 0) is 19.4 Å². The van der Waals surface area contributed by atoms with Gasteiger partial charge >= 0.3 is 0 Å². The van der Waals surface area contributed by atoms with Crippen LogP contribution in [0.15, 0.2) is 10.7 Å². The van der Waals surface area contributed by atoms with E-state index in [0.717, 1.165) is 18.8 Å². The molecule has 1 atom stereocenters. The Bertz CT molecular complexity index is 293. The van der Waals surface area contributed by atoms with Crippen LogP contribution in [0.3, 0.4) is 0 Å². The fourth-order valence-electron chi connectivity index (χ4n) is 1.85. The molecular weight excluding hydrogens is 192 g/mol. The molecule has 1 N–H and O–H groups in total. The van der Waals surface area contributed by atoms with E-state index in [-0.39, 0.29) is 0 Å². The summed E-state index contributed by atoms with van der Waals surface area (Å²) in [4.78, 5) is 4.18. The van der Waals surface area contributed by atoms with E-state index >= 15 is 0 Å². The van der Waals surface area contributed by atoms with Crippen LogP contribution in [0.1, 0.15) is 30.8 Å². The summed E-state index contributed by atoms with van der Waals surface area (Å²) >= 11 is 0. The van der Waals surface area contributed by atoms with Crippen LogP contribution in [-0.2, 0) is 11.3 Å². The van der Waals surface area contributed by atoms with Crippen LogP contribution in [0.25, 0.3) is 0 Å². The largest absolute Gasteiger partial charge is 0.449 e. The second kappa shape index (κ2) is 5.28. The lowest BCUT2D eigenvalue weighted by molar-refractivity contribution is 0.0890. The zero-order valence-electron chi connectivity index (χ0n) is 9.16. The zero-order valence-corrected chi connectivity index (χ0v) is 9.16. The van der Waals surface area contributed by atoms with Crippen molar-refractivity contribution < 1.29 is 9.15 Å². The van der Waals surface area contributed by atoms with Crippen LogP contribution in [0.5, 0.6) is 0 Å². The third kappa shape index (κ3) is 3.32. The SMILES string of the molecule is Cc1nc(COCC2CCCCN2)co1. The summed E-state index contributed by atoms with van der Waals surface area (Å²) < 4.78 is 10.7. The molecule has 2 heterocycles. The van der Waals surface area contributed by atoms with E-state index < -0.39 is 0 Å². The van der Waals surface area contributed by atoms with Crippen molar-refractivity contribution in [2.45, 2.75) is 38.8 Å². The molecule has 2 rings (SSSR count). The molecule has 0 aliphatic carbocycles. The Labute approximate surface area is 90.0 Å². The minimum Gasteiger partial charge on any atom is -0.449 e. The monoisotopic (exact) mass is 210 g/mol. The van der Waals surface area contributed by atoms with Crippen molar-refractivity contribution in [2.24, 2.45) is 0 Å². The Balaban J connectivity index is 1.65. The highest BCUT2D eigenvalue weighted by Crippen LogP contribution is 2.08. The first kappa shape index (κ1) is 10.6. The Kier molecular flexibility index (Phi) is 3.75. The van der Waals surface area contributed by atoms with Gasteiger partial charge in [0, 0.05) is 13.0 Å². The number of piperidine rings is 1. The summed E-state index contributed by atoms with van der Waals surface area (Å²) in [6.07, 6.45) is 5.48. The van der Waals surface area contributed by atoms with E-state index in [1.807, 2.05) is 6.92 Å². The van der Waals surface area contributed by atoms with Crippen molar-refractivity contribution >= 4 is 0 Å².